The third kappa shape index (κ3) is 4.12. The summed E-state index contributed by atoms with van der Waals surface area (Å²) in [7, 11) is 0. The molecule has 0 unspecified atom stereocenters. The highest BCUT2D eigenvalue weighted by molar-refractivity contribution is 7.22. The first kappa shape index (κ1) is 16.9. The van der Waals surface area contributed by atoms with E-state index in [1.807, 2.05) is 20.8 Å². The zero-order valence-corrected chi connectivity index (χ0v) is 14.6. The van der Waals surface area contributed by atoms with Gasteiger partial charge in [0.15, 0.2) is 5.13 Å². The molecule has 130 valence electrons. The molecule has 0 bridgehead atoms. The number of alkyl carbamates (subject to hydrolysis) is 1. The third-order valence-electron chi connectivity index (χ3n) is 3.44. The monoisotopic (exact) mass is 353 g/mol. The second-order valence-electron chi connectivity index (χ2n) is 6.67. The van der Waals surface area contributed by atoms with Crippen LogP contribution in [0.2, 0.25) is 0 Å². The number of anilines is 1. The van der Waals surface area contributed by atoms with Gasteiger partial charge in [-0.15, -0.1) is 0 Å². The minimum Gasteiger partial charge on any atom is -0.444 e. The van der Waals surface area contributed by atoms with Gasteiger partial charge in [0.2, 0.25) is 0 Å². The molecule has 24 heavy (non-hydrogen) atoms. The van der Waals surface area contributed by atoms with Crippen LogP contribution >= 0.6 is 11.3 Å². The summed E-state index contributed by atoms with van der Waals surface area (Å²) in [4.78, 5) is 16.4. The average molecular weight is 353 g/mol. The van der Waals surface area contributed by atoms with E-state index in [9.17, 15) is 9.18 Å². The molecule has 3 rings (SSSR count). The van der Waals surface area contributed by atoms with Gasteiger partial charge in [0.1, 0.15) is 11.4 Å². The van der Waals surface area contributed by atoms with Gasteiger partial charge in [-0.25, -0.2) is 14.2 Å². The molecule has 2 atom stereocenters. The molecule has 2 aromatic rings. The molecule has 8 heteroatoms. The summed E-state index contributed by atoms with van der Waals surface area (Å²) in [5.41, 5.74) is 0.184. The Morgan fingerprint density at radius 2 is 2.12 bits per heavy atom. The minimum absolute atomic E-state index is 0.122. The van der Waals surface area contributed by atoms with Crippen molar-refractivity contribution in [3.63, 3.8) is 0 Å². The highest BCUT2D eigenvalue weighted by Crippen LogP contribution is 2.27. The molecule has 1 saturated heterocycles. The Bertz CT molecular complexity index is 744. The second kappa shape index (κ2) is 6.52. The molecular formula is C16H20FN3O3S. The molecule has 0 radical (unpaired) electrons. The van der Waals surface area contributed by atoms with Gasteiger partial charge >= 0.3 is 6.09 Å². The summed E-state index contributed by atoms with van der Waals surface area (Å²) in [6.45, 7) is 6.29. The van der Waals surface area contributed by atoms with Crippen molar-refractivity contribution in [2.24, 2.45) is 0 Å². The molecule has 0 saturated carbocycles. The first-order chi connectivity index (χ1) is 11.3. The van der Waals surface area contributed by atoms with Crippen LogP contribution in [0.3, 0.4) is 0 Å². The van der Waals surface area contributed by atoms with Crippen LogP contribution < -0.4 is 10.6 Å². The first-order valence-electron chi connectivity index (χ1n) is 7.70. The summed E-state index contributed by atoms with van der Waals surface area (Å²) < 4.78 is 24.8. The molecule has 1 aliphatic heterocycles. The number of nitrogens with one attached hydrogen (secondary N) is 2. The molecule has 1 amide bonds. The van der Waals surface area contributed by atoms with Crippen molar-refractivity contribution < 1.29 is 18.7 Å². The molecule has 1 aromatic carbocycles. The summed E-state index contributed by atoms with van der Waals surface area (Å²) >= 11 is 1.37. The fourth-order valence-corrected chi connectivity index (χ4v) is 3.37. The lowest BCUT2D eigenvalue weighted by Crippen LogP contribution is -2.47. The van der Waals surface area contributed by atoms with Gasteiger partial charge in [-0.2, -0.15) is 0 Å². The van der Waals surface area contributed by atoms with Crippen LogP contribution in [-0.4, -0.2) is 42.0 Å². The van der Waals surface area contributed by atoms with Gasteiger partial charge in [-0.05, 0) is 39.0 Å². The van der Waals surface area contributed by atoms with E-state index < -0.39 is 11.7 Å². The Kier molecular flexibility index (Phi) is 4.60. The van der Waals surface area contributed by atoms with Gasteiger partial charge in [0.25, 0.3) is 0 Å². The van der Waals surface area contributed by atoms with E-state index in [0.29, 0.717) is 18.3 Å². The maximum Gasteiger partial charge on any atom is 0.408 e. The number of nitrogens with zero attached hydrogens (tertiary/aromatic N) is 1. The number of benzene rings is 1. The second-order valence-corrected chi connectivity index (χ2v) is 7.70. The van der Waals surface area contributed by atoms with E-state index in [1.54, 1.807) is 6.07 Å². The van der Waals surface area contributed by atoms with Crippen molar-refractivity contribution in [2.75, 3.05) is 18.5 Å². The van der Waals surface area contributed by atoms with E-state index in [4.69, 9.17) is 9.47 Å². The Morgan fingerprint density at radius 3 is 2.88 bits per heavy atom. The van der Waals surface area contributed by atoms with Crippen molar-refractivity contribution in [3.8, 4) is 0 Å². The van der Waals surface area contributed by atoms with Gasteiger partial charge in [-0.1, -0.05) is 11.3 Å². The Balaban J connectivity index is 1.65. The SMILES string of the molecule is CC(C)(C)OC(=O)N[C@H]1COC[C@@H]1Nc1nc2ccc(F)cc2s1. The smallest absolute Gasteiger partial charge is 0.408 e. The van der Waals surface area contributed by atoms with E-state index in [2.05, 4.69) is 15.6 Å². The molecular weight excluding hydrogens is 333 g/mol. The lowest BCUT2D eigenvalue weighted by Gasteiger charge is -2.24. The van der Waals surface area contributed by atoms with Crippen molar-refractivity contribution in [2.45, 2.75) is 38.5 Å². The van der Waals surface area contributed by atoms with E-state index in [0.717, 1.165) is 10.2 Å². The topological polar surface area (TPSA) is 72.5 Å². The quantitative estimate of drug-likeness (QED) is 0.887. The molecule has 0 spiro atoms. The third-order valence-corrected chi connectivity index (χ3v) is 4.39. The van der Waals surface area contributed by atoms with Crippen LogP contribution in [0.25, 0.3) is 10.2 Å². The van der Waals surface area contributed by atoms with Crippen LogP contribution in [-0.2, 0) is 9.47 Å². The molecule has 0 aliphatic carbocycles. The number of rotatable bonds is 3. The number of amides is 1. The number of fused-ring (bicyclic) bond motifs is 1. The zero-order chi connectivity index (χ0) is 17.3. The molecule has 2 N–H and O–H groups in total. The Labute approximate surface area is 143 Å². The largest absolute Gasteiger partial charge is 0.444 e. The molecule has 2 heterocycles. The molecule has 1 aliphatic rings. The first-order valence-corrected chi connectivity index (χ1v) is 8.52. The van der Waals surface area contributed by atoms with Crippen molar-refractivity contribution >= 4 is 32.8 Å². The minimum atomic E-state index is -0.552. The summed E-state index contributed by atoms with van der Waals surface area (Å²) in [5, 5.41) is 6.74. The predicted molar refractivity (Wildman–Crippen MR) is 91.0 cm³/mol. The molecule has 1 aromatic heterocycles. The van der Waals surface area contributed by atoms with E-state index in [-0.39, 0.29) is 17.9 Å². The van der Waals surface area contributed by atoms with Gasteiger partial charge in [-0.3, -0.25) is 0 Å². The predicted octanol–water partition coefficient (Wildman–Crippen LogP) is 3.14. The van der Waals surface area contributed by atoms with Crippen LogP contribution in [0.4, 0.5) is 14.3 Å². The van der Waals surface area contributed by atoms with Crippen LogP contribution in [0.5, 0.6) is 0 Å². The summed E-state index contributed by atoms with van der Waals surface area (Å²) in [6.07, 6.45) is -0.476. The normalized spacial score (nSPS) is 21.0. The molecule has 1 fully saturated rings. The number of aromatic nitrogens is 1. The standard InChI is InChI=1S/C16H20FN3O3S/c1-16(2,3)23-15(21)20-12-8-22-7-11(12)19-14-18-10-5-4-9(17)6-13(10)24-14/h4-6,11-12H,7-8H2,1-3H3,(H,18,19)(H,20,21)/t11-,12-/m0/s1. The van der Waals surface area contributed by atoms with Crippen molar-refractivity contribution in [1.82, 2.24) is 10.3 Å². The van der Waals surface area contributed by atoms with Crippen molar-refractivity contribution in [3.05, 3.63) is 24.0 Å². The molecule has 6 nitrogen and oxygen atoms in total. The highest BCUT2D eigenvalue weighted by Gasteiger charge is 2.31. The van der Waals surface area contributed by atoms with Gasteiger partial charge in [0.05, 0.1) is 35.5 Å². The Morgan fingerprint density at radius 1 is 1.38 bits per heavy atom. The van der Waals surface area contributed by atoms with Crippen LogP contribution in [0.15, 0.2) is 18.2 Å². The number of hydrogen-bond donors (Lipinski definition) is 2. The van der Waals surface area contributed by atoms with Crippen LogP contribution in [0.1, 0.15) is 20.8 Å². The number of thiazole rings is 1. The van der Waals surface area contributed by atoms with Crippen LogP contribution in [0, 0.1) is 5.82 Å². The number of carbonyl (C=O) groups excluding carboxylic acids is 1. The fourth-order valence-electron chi connectivity index (χ4n) is 2.42. The number of ether oxygens (including phenoxy) is 2. The average Bonchev–Trinajstić information content (AvgIpc) is 3.03. The highest BCUT2D eigenvalue weighted by atomic mass is 32.1. The van der Waals surface area contributed by atoms with E-state index >= 15 is 0 Å². The van der Waals surface area contributed by atoms with Gasteiger partial charge in [0, 0.05) is 0 Å². The number of carbonyl (C=O) groups is 1. The Hall–Kier alpha value is -1.93. The lowest BCUT2D eigenvalue weighted by molar-refractivity contribution is 0.0497. The number of hydrogen-bond acceptors (Lipinski definition) is 6. The van der Waals surface area contributed by atoms with Crippen molar-refractivity contribution in [1.29, 1.82) is 0 Å². The summed E-state index contributed by atoms with van der Waals surface area (Å²) in [5.74, 6) is -0.286. The maximum atomic E-state index is 13.3. The lowest BCUT2D eigenvalue weighted by atomic mass is 10.2. The van der Waals surface area contributed by atoms with Gasteiger partial charge < -0.3 is 20.1 Å². The van der Waals surface area contributed by atoms with E-state index in [1.165, 1.54) is 23.5 Å². The summed E-state index contributed by atoms with van der Waals surface area (Å²) in [6, 6.07) is 4.15. The zero-order valence-electron chi connectivity index (χ0n) is 13.8. The number of halogens is 1. The fraction of sp³-hybridized carbons (Fsp3) is 0.500. The maximum absolute atomic E-state index is 13.3.